The van der Waals surface area contributed by atoms with E-state index in [0.29, 0.717) is 5.95 Å². The third-order valence-electron chi connectivity index (χ3n) is 12.3. The Hall–Kier alpha value is -7.30. The highest BCUT2D eigenvalue weighted by atomic mass is 15.2. The van der Waals surface area contributed by atoms with Gasteiger partial charge in [-0.05, 0) is 81.9 Å². The van der Waals surface area contributed by atoms with Gasteiger partial charge in [0.05, 0.1) is 33.3 Å². The molecule has 0 spiro atoms. The van der Waals surface area contributed by atoms with Crippen LogP contribution in [0.15, 0.2) is 182 Å². The summed E-state index contributed by atoms with van der Waals surface area (Å²) in [5.41, 5.74) is 15.9. The summed E-state index contributed by atoms with van der Waals surface area (Å²) in [6.07, 6.45) is 0. The number of rotatable bonds is 4. The molecule has 3 heterocycles. The van der Waals surface area contributed by atoms with Crippen LogP contribution in [0.4, 0.5) is 0 Å². The van der Waals surface area contributed by atoms with E-state index >= 15 is 0 Å². The topological polar surface area (TPSA) is 35.6 Å². The molecular weight excluding hydrogens is 693 g/mol. The SMILES string of the molecule is CC1(C)c2ccccc2-c2ccc3c(-c4ccccc4)nc(-n4c5ccccc5c5ccc(-c6ccc7c(c6)c6ccccc6n7-c6ccccc6)cc54)nc3c21. The fourth-order valence-corrected chi connectivity index (χ4v) is 9.73. The minimum atomic E-state index is -0.235. The largest absolute Gasteiger partial charge is 0.309 e. The number of nitrogens with zero attached hydrogens (tertiary/aromatic N) is 4. The van der Waals surface area contributed by atoms with Gasteiger partial charge in [0.15, 0.2) is 0 Å². The van der Waals surface area contributed by atoms with Crippen molar-refractivity contribution in [3.05, 3.63) is 193 Å². The molecule has 0 aliphatic heterocycles. The number of benzene rings is 8. The molecule has 4 heteroatoms. The Morgan fingerprint density at radius 3 is 1.81 bits per heavy atom. The number of aromatic nitrogens is 4. The van der Waals surface area contributed by atoms with Gasteiger partial charge < -0.3 is 4.57 Å². The van der Waals surface area contributed by atoms with E-state index in [4.69, 9.17) is 9.97 Å². The maximum atomic E-state index is 5.61. The Labute approximate surface area is 329 Å². The van der Waals surface area contributed by atoms with Crippen LogP contribution in [0.5, 0.6) is 0 Å². The molecule has 11 aromatic rings. The van der Waals surface area contributed by atoms with E-state index in [9.17, 15) is 0 Å². The first-order valence-electron chi connectivity index (χ1n) is 19.7. The highest BCUT2D eigenvalue weighted by Gasteiger charge is 2.38. The molecule has 0 atom stereocenters. The zero-order valence-electron chi connectivity index (χ0n) is 31.6. The number of para-hydroxylation sites is 3. The Morgan fingerprint density at radius 2 is 1.00 bits per heavy atom. The van der Waals surface area contributed by atoms with E-state index in [-0.39, 0.29) is 5.41 Å². The molecule has 0 fully saturated rings. The van der Waals surface area contributed by atoms with Crippen molar-refractivity contribution in [2.45, 2.75) is 19.3 Å². The Bertz CT molecular complexity index is 3420. The molecule has 268 valence electrons. The first-order chi connectivity index (χ1) is 28.0. The molecule has 12 rings (SSSR count). The van der Waals surface area contributed by atoms with Crippen LogP contribution >= 0.6 is 0 Å². The summed E-state index contributed by atoms with van der Waals surface area (Å²) >= 11 is 0. The highest BCUT2D eigenvalue weighted by Crippen LogP contribution is 2.51. The molecule has 1 aliphatic rings. The second kappa shape index (κ2) is 11.8. The zero-order valence-corrected chi connectivity index (χ0v) is 31.6. The summed E-state index contributed by atoms with van der Waals surface area (Å²) in [4.78, 5) is 11.1. The Kier molecular flexibility index (Phi) is 6.65. The smallest absolute Gasteiger partial charge is 0.235 e. The van der Waals surface area contributed by atoms with Crippen molar-refractivity contribution < 1.29 is 0 Å². The zero-order chi connectivity index (χ0) is 37.8. The van der Waals surface area contributed by atoms with Crippen LogP contribution in [0.2, 0.25) is 0 Å². The fraction of sp³-hybridized carbons (Fsp3) is 0.0566. The van der Waals surface area contributed by atoms with Crippen molar-refractivity contribution in [2.24, 2.45) is 0 Å². The molecule has 0 N–H and O–H groups in total. The van der Waals surface area contributed by atoms with Crippen LogP contribution in [-0.4, -0.2) is 19.1 Å². The highest BCUT2D eigenvalue weighted by molar-refractivity contribution is 6.12. The minimum absolute atomic E-state index is 0.235. The van der Waals surface area contributed by atoms with Gasteiger partial charge in [0.25, 0.3) is 0 Å². The Balaban J connectivity index is 1.12. The second-order valence-electron chi connectivity index (χ2n) is 15.8. The lowest BCUT2D eigenvalue weighted by molar-refractivity contribution is 0.664. The van der Waals surface area contributed by atoms with Gasteiger partial charge in [-0.1, -0.05) is 147 Å². The molecule has 0 saturated carbocycles. The quantitative estimate of drug-likeness (QED) is 0.181. The average molecular weight is 729 g/mol. The van der Waals surface area contributed by atoms with Gasteiger partial charge >= 0.3 is 0 Å². The minimum Gasteiger partial charge on any atom is -0.309 e. The third kappa shape index (κ3) is 4.55. The first kappa shape index (κ1) is 32.0. The van der Waals surface area contributed by atoms with Crippen LogP contribution < -0.4 is 0 Å². The summed E-state index contributed by atoms with van der Waals surface area (Å²) in [7, 11) is 0. The molecule has 0 amide bonds. The van der Waals surface area contributed by atoms with Crippen LogP contribution in [0.3, 0.4) is 0 Å². The van der Waals surface area contributed by atoms with Crippen molar-refractivity contribution in [1.82, 2.24) is 19.1 Å². The van der Waals surface area contributed by atoms with Crippen molar-refractivity contribution in [3.63, 3.8) is 0 Å². The van der Waals surface area contributed by atoms with Gasteiger partial charge in [-0.25, -0.2) is 9.97 Å². The normalized spacial score (nSPS) is 13.2. The molecule has 4 nitrogen and oxygen atoms in total. The molecule has 3 aromatic heterocycles. The summed E-state index contributed by atoms with van der Waals surface area (Å²) in [6, 6.07) is 65.7. The van der Waals surface area contributed by atoms with E-state index in [1.54, 1.807) is 0 Å². The lowest BCUT2D eigenvalue weighted by atomic mass is 9.81. The lowest BCUT2D eigenvalue weighted by Gasteiger charge is -2.23. The van der Waals surface area contributed by atoms with E-state index in [0.717, 1.165) is 44.4 Å². The van der Waals surface area contributed by atoms with Crippen molar-refractivity contribution in [2.75, 3.05) is 0 Å². The third-order valence-corrected chi connectivity index (χ3v) is 12.3. The Morgan fingerprint density at radius 1 is 0.404 bits per heavy atom. The molecule has 0 radical (unpaired) electrons. The number of hydrogen-bond donors (Lipinski definition) is 0. The molecule has 0 unspecified atom stereocenters. The summed E-state index contributed by atoms with van der Waals surface area (Å²) in [5, 5.41) is 5.89. The van der Waals surface area contributed by atoms with E-state index < -0.39 is 0 Å². The molecule has 1 aliphatic carbocycles. The molecule has 0 saturated heterocycles. The van der Waals surface area contributed by atoms with Gasteiger partial charge in [-0.3, -0.25) is 4.57 Å². The number of hydrogen-bond acceptors (Lipinski definition) is 2. The van der Waals surface area contributed by atoms with Crippen LogP contribution in [0.1, 0.15) is 25.0 Å². The van der Waals surface area contributed by atoms with Gasteiger partial charge in [-0.15, -0.1) is 0 Å². The lowest BCUT2D eigenvalue weighted by Crippen LogP contribution is -2.16. The fourth-order valence-electron chi connectivity index (χ4n) is 9.73. The molecule has 57 heavy (non-hydrogen) atoms. The summed E-state index contributed by atoms with van der Waals surface area (Å²) in [6.45, 7) is 4.67. The predicted molar refractivity (Wildman–Crippen MR) is 237 cm³/mol. The van der Waals surface area contributed by atoms with Crippen LogP contribution in [-0.2, 0) is 5.41 Å². The number of fused-ring (bicyclic) bond motifs is 11. The maximum absolute atomic E-state index is 5.61. The van der Waals surface area contributed by atoms with Crippen molar-refractivity contribution in [1.29, 1.82) is 0 Å². The standard InChI is InChI=1S/C53H36N4/c1-53(2)44-22-12-9-19-37(44)41-28-29-42-50(33-15-5-3-6-16-33)54-52(55-51(42)49(41)53)57-46-24-14-10-20-38(46)40-27-25-35(32-48(40)57)34-26-30-47-43(31-34)39-21-11-13-23-45(39)56(47)36-17-7-4-8-18-36/h3-32H,1-2H3. The first-order valence-corrected chi connectivity index (χ1v) is 19.7. The van der Waals surface area contributed by atoms with E-state index in [1.165, 1.54) is 60.4 Å². The second-order valence-corrected chi connectivity index (χ2v) is 15.8. The van der Waals surface area contributed by atoms with Gasteiger partial charge in [0.2, 0.25) is 5.95 Å². The van der Waals surface area contributed by atoms with Crippen molar-refractivity contribution >= 4 is 54.5 Å². The average Bonchev–Trinajstić information content (AvgIpc) is 3.86. The van der Waals surface area contributed by atoms with Gasteiger partial charge in [-0.2, -0.15) is 0 Å². The predicted octanol–water partition coefficient (Wildman–Crippen LogP) is 13.5. The van der Waals surface area contributed by atoms with Crippen LogP contribution in [0.25, 0.3) is 99.7 Å². The van der Waals surface area contributed by atoms with Crippen molar-refractivity contribution in [3.8, 4) is 45.1 Å². The maximum Gasteiger partial charge on any atom is 0.235 e. The molecular formula is C53H36N4. The van der Waals surface area contributed by atoms with Gasteiger partial charge in [0.1, 0.15) is 0 Å². The monoisotopic (exact) mass is 728 g/mol. The molecule has 8 aromatic carbocycles. The van der Waals surface area contributed by atoms with Crippen LogP contribution in [0, 0.1) is 0 Å². The molecule has 0 bridgehead atoms. The summed E-state index contributed by atoms with van der Waals surface area (Å²) < 4.78 is 4.65. The van der Waals surface area contributed by atoms with E-state index in [2.05, 4.69) is 205 Å². The van der Waals surface area contributed by atoms with Gasteiger partial charge in [0, 0.05) is 43.6 Å². The summed E-state index contributed by atoms with van der Waals surface area (Å²) in [5.74, 6) is 0.672. The van der Waals surface area contributed by atoms with E-state index in [1.807, 2.05) is 0 Å².